The molecule has 9 heteroatoms. The van der Waals surface area contributed by atoms with Gasteiger partial charge in [0.15, 0.2) is 4.80 Å². The van der Waals surface area contributed by atoms with Crippen LogP contribution < -0.4 is 4.80 Å². The third-order valence-corrected chi connectivity index (χ3v) is 8.82. The lowest BCUT2D eigenvalue weighted by Crippen LogP contribution is -2.40. The Morgan fingerprint density at radius 3 is 2.48 bits per heavy atom. The van der Waals surface area contributed by atoms with Crippen molar-refractivity contribution in [2.75, 3.05) is 13.1 Å². The first-order chi connectivity index (χ1) is 14.8. The number of fused-ring (bicyclic) bond motifs is 1. The van der Waals surface area contributed by atoms with Crippen LogP contribution in [-0.4, -0.2) is 36.3 Å². The summed E-state index contributed by atoms with van der Waals surface area (Å²) in [7, 11) is -3.59. The Bertz CT molecular complexity index is 1290. The van der Waals surface area contributed by atoms with Crippen molar-refractivity contribution in [3.63, 3.8) is 0 Å². The summed E-state index contributed by atoms with van der Waals surface area (Å²) in [4.78, 5) is 18.2. The smallest absolute Gasteiger partial charge is 0.251 e. The van der Waals surface area contributed by atoms with Gasteiger partial charge in [0.25, 0.3) is 5.91 Å². The van der Waals surface area contributed by atoms with Crippen LogP contribution in [0.5, 0.6) is 0 Å². The summed E-state index contributed by atoms with van der Waals surface area (Å²) in [5, 5.41) is 0.491. The van der Waals surface area contributed by atoms with Crippen LogP contribution in [0.15, 0.2) is 52.4 Å². The van der Waals surface area contributed by atoms with E-state index in [0.29, 0.717) is 35.8 Å². The zero-order valence-corrected chi connectivity index (χ0v) is 19.8. The molecule has 1 aromatic heterocycles. The van der Waals surface area contributed by atoms with Crippen LogP contribution in [0.2, 0.25) is 5.02 Å². The number of nitrogens with zero attached hydrogens (tertiary/aromatic N) is 3. The highest BCUT2D eigenvalue weighted by Gasteiger charge is 2.32. The standard InChI is InChI=1S/C22H24ClN3O3S2/c1-3-26-19-9-4-15(2)14-20(19)30-22(26)24-21(27)16-10-12-25(13-11-16)31(28,29)18-7-5-17(23)6-8-18/h4-9,14,16H,3,10-13H2,1-2H3. The highest BCUT2D eigenvalue weighted by molar-refractivity contribution is 7.89. The Morgan fingerprint density at radius 1 is 1.16 bits per heavy atom. The first-order valence-corrected chi connectivity index (χ1v) is 12.9. The molecule has 0 saturated carbocycles. The summed E-state index contributed by atoms with van der Waals surface area (Å²) in [6.45, 7) is 5.42. The maximum absolute atomic E-state index is 12.9. The fourth-order valence-electron chi connectivity index (χ4n) is 3.86. The Kier molecular flexibility index (Phi) is 6.35. The highest BCUT2D eigenvalue weighted by atomic mass is 35.5. The van der Waals surface area contributed by atoms with Gasteiger partial charge in [0.1, 0.15) is 0 Å². The molecule has 164 valence electrons. The van der Waals surface area contributed by atoms with Crippen LogP contribution in [0.25, 0.3) is 10.2 Å². The zero-order valence-electron chi connectivity index (χ0n) is 17.4. The quantitative estimate of drug-likeness (QED) is 0.565. The first-order valence-electron chi connectivity index (χ1n) is 10.2. The van der Waals surface area contributed by atoms with Crippen LogP contribution in [-0.2, 0) is 21.4 Å². The molecule has 2 aromatic carbocycles. The van der Waals surface area contributed by atoms with Crippen LogP contribution in [0.4, 0.5) is 0 Å². The molecule has 0 bridgehead atoms. The minimum atomic E-state index is -3.59. The molecule has 0 aliphatic carbocycles. The number of carbonyl (C=O) groups is 1. The second kappa shape index (κ2) is 8.86. The molecule has 0 atom stereocenters. The molecule has 0 spiro atoms. The molecule has 1 saturated heterocycles. The van der Waals surface area contributed by atoms with Gasteiger partial charge in [-0.1, -0.05) is 29.0 Å². The van der Waals surface area contributed by atoms with E-state index in [1.54, 1.807) is 12.1 Å². The van der Waals surface area contributed by atoms with E-state index in [1.807, 2.05) is 13.8 Å². The summed E-state index contributed by atoms with van der Waals surface area (Å²) < 4.78 is 30.3. The van der Waals surface area contributed by atoms with Crippen molar-refractivity contribution >= 4 is 49.1 Å². The number of piperidine rings is 1. The molecular weight excluding hydrogens is 454 g/mol. The number of sulfonamides is 1. The van der Waals surface area contributed by atoms with Crippen molar-refractivity contribution in [2.45, 2.75) is 38.1 Å². The number of benzene rings is 2. The Balaban J connectivity index is 1.51. The zero-order chi connectivity index (χ0) is 22.2. The normalized spacial score (nSPS) is 16.8. The number of halogens is 1. The predicted octanol–water partition coefficient (Wildman–Crippen LogP) is 4.21. The summed E-state index contributed by atoms with van der Waals surface area (Å²) in [5.41, 5.74) is 2.25. The third-order valence-electron chi connectivity index (χ3n) is 5.61. The van der Waals surface area contributed by atoms with E-state index < -0.39 is 10.0 Å². The highest BCUT2D eigenvalue weighted by Crippen LogP contribution is 2.26. The van der Waals surface area contributed by atoms with E-state index in [1.165, 1.54) is 33.3 Å². The molecule has 1 aliphatic rings. The predicted molar refractivity (Wildman–Crippen MR) is 124 cm³/mol. The fourth-order valence-corrected chi connectivity index (χ4v) is 6.65. The fraction of sp³-hybridized carbons (Fsp3) is 0.364. The van der Waals surface area contributed by atoms with Gasteiger partial charge in [0, 0.05) is 30.6 Å². The molecule has 31 heavy (non-hydrogen) atoms. The van der Waals surface area contributed by atoms with E-state index in [4.69, 9.17) is 11.6 Å². The number of amides is 1. The van der Waals surface area contributed by atoms with Gasteiger partial charge in [0.05, 0.1) is 15.1 Å². The van der Waals surface area contributed by atoms with E-state index in [9.17, 15) is 13.2 Å². The van der Waals surface area contributed by atoms with Crippen molar-refractivity contribution in [2.24, 2.45) is 10.9 Å². The number of hydrogen-bond donors (Lipinski definition) is 0. The lowest BCUT2D eigenvalue weighted by Gasteiger charge is -2.29. The maximum atomic E-state index is 12.9. The van der Waals surface area contributed by atoms with E-state index in [0.717, 1.165) is 16.8 Å². The largest absolute Gasteiger partial charge is 0.317 e. The molecule has 0 unspecified atom stereocenters. The topological polar surface area (TPSA) is 71.7 Å². The number of carbonyl (C=O) groups excluding carboxylic acids is 1. The first kappa shape index (κ1) is 22.2. The molecule has 3 aromatic rings. The molecule has 2 heterocycles. The minimum Gasteiger partial charge on any atom is -0.317 e. The summed E-state index contributed by atoms with van der Waals surface area (Å²) in [6.07, 6.45) is 0.927. The number of hydrogen-bond acceptors (Lipinski definition) is 4. The van der Waals surface area contributed by atoms with Crippen molar-refractivity contribution < 1.29 is 13.2 Å². The number of aryl methyl sites for hydroxylation is 2. The second-order valence-corrected chi connectivity index (χ2v) is 11.1. The third kappa shape index (κ3) is 4.48. The average molecular weight is 478 g/mol. The Hall–Kier alpha value is -2.00. The molecule has 6 nitrogen and oxygen atoms in total. The van der Waals surface area contributed by atoms with Gasteiger partial charge < -0.3 is 4.57 Å². The van der Waals surface area contributed by atoms with Gasteiger partial charge in [0.2, 0.25) is 10.0 Å². The van der Waals surface area contributed by atoms with Gasteiger partial charge in [-0.3, -0.25) is 4.79 Å². The summed E-state index contributed by atoms with van der Waals surface area (Å²) >= 11 is 7.38. The van der Waals surface area contributed by atoms with Crippen LogP contribution in [0, 0.1) is 12.8 Å². The van der Waals surface area contributed by atoms with E-state index in [2.05, 4.69) is 27.8 Å². The molecule has 1 fully saturated rings. The van der Waals surface area contributed by atoms with Gasteiger partial charge >= 0.3 is 0 Å². The number of thiazole rings is 1. The van der Waals surface area contributed by atoms with Crippen molar-refractivity contribution in [3.05, 3.63) is 57.9 Å². The van der Waals surface area contributed by atoms with Crippen molar-refractivity contribution in [3.8, 4) is 0 Å². The molecule has 1 amide bonds. The van der Waals surface area contributed by atoms with E-state index in [-0.39, 0.29) is 16.7 Å². The van der Waals surface area contributed by atoms with Gasteiger partial charge in [-0.2, -0.15) is 9.30 Å². The molecule has 4 rings (SSSR count). The molecule has 0 N–H and O–H groups in total. The van der Waals surface area contributed by atoms with Gasteiger partial charge in [-0.05, 0) is 68.7 Å². The summed E-state index contributed by atoms with van der Waals surface area (Å²) in [5.74, 6) is -0.442. The second-order valence-electron chi connectivity index (χ2n) is 7.68. The van der Waals surface area contributed by atoms with E-state index >= 15 is 0 Å². The minimum absolute atomic E-state index is 0.172. The Labute approximate surface area is 190 Å². The summed E-state index contributed by atoms with van der Waals surface area (Å²) in [6, 6.07) is 12.4. The maximum Gasteiger partial charge on any atom is 0.251 e. The molecule has 0 radical (unpaired) electrons. The lowest BCUT2D eigenvalue weighted by molar-refractivity contribution is -0.122. The van der Waals surface area contributed by atoms with Gasteiger partial charge in [-0.25, -0.2) is 8.42 Å². The molecule has 1 aliphatic heterocycles. The van der Waals surface area contributed by atoms with Crippen LogP contribution >= 0.6 is 22.9 Å². The SMILES string of the molecule is CCn1c(=NC(=O)C2CCN(S(=O)(=O)c3ccc(Cl)cc3)CC2)sc2cc(C)ccc21. The average Bonchev–Trinajstić information content (AvgIpc) is 3.09. The van der Waals surface area contributed by atoms with Crippen molar-refractivity contribution in [1.29, 1.82) is 0 Å². The van der Waals surface area contributed by atoms with Gasteiger partial charge in [-0.15, -0.1) is 0 Å². The monoisotopic (exact) mass is 477 g/mol. The lowest BCUT2D eigenvalue weighted by atomic mass is 9.98. The number of aromatic nitrogens is 1. The number of rotatable bonds is 4. The van der Waals surface area contributed by atoms with Crippen LogP contribution in [0.3, 0.4) is 0 Å². The Morgan fingerprint density at radius 2 is 1.84 bits per heavy atom. The van der Waals surface area contributed by atoms with Crippen LogP contribution in [0.1, 0.15) is 25.3 Å². The molecular formula is C22H24ClN3O3S2. The van der Waals surface area contributed by atoms with Crippen molar-refractivity contribution in [1.82, 2.24) is 8.87 Å².